The largest absolute Gasteiger partial charge is 0.566 e. The van der Waals surface area contributed by atoms with Gasteiger partial charge in [0.2, 0.25) is 0 Å². The van der Waals surface area contributed by atoms with Crippen molar-refractivity contribution in [3.05, 3.63) is 40.6 Å². The lowest BCUT2D eigenvalue weighted by Crippen LogP contribution is -3.03. The van der Waals surface area contributed by atoms with E-state index in [9.17, 15) is 14.8 Å². The van der Waals surface area contributed by atoms with Crippen molar-refractivity contribution in [2.75, 3.05) is 12.4 Å². The monoisotopic (exact) mass is 330 g/mol. The average molecular weight is 330 g/mol. The molecule has 1 amide bonds. The zero-order valence-corrected chi connectivity index (χ0v) is 12.8. The zero-order valence-electron chi connectivity index (χ0n) is 11.9. The van der Waals surface area contributed by atoms with Crippen molar-refractivity contribution < 1.29 is 29.8 Å². The summed E-state index contributed by atoms with van der Waals surface area (Å²) in [6.45, 7) is 1.80. The molecule has 0 heterocycles. The Labute approximate surface area is 132 Å². The highest BCUT2D eigenvalue weighted by Crippen LogP contribution is 2.06. The molecule has 0 spiro atoms. The minimum absolute atomic E-state index is 0.0979. The fourth-order valence-corrected chi connectivity index (χ4v) is 1.80. The van der Waals surface area contributed by atoms with Crippen LogP contribution in [-0.2, 0) is 21.0 Å². The van der Waals surface area contributed by atoms with Gasteiger partial charge in [-0.2, -0.15) is 22.7 Å². The molecule has 122 valence electrons. The molecule has 0 aliphatic rings. The molecule has 1 unspecified atom stereocenters. The molecule has 1 rings (SSSR count). The molecule has 8 nitrogen and oxygen atoms in total. The molecule has 3 N–H and O–H groups in total. The Morgan fingerprint density at radius 2 is 2.05 bits per heavy atom. The molecule has 0 radical (unpaired) electrons. The molecule has 0 bridgehead atoms. The van der Waals surface area contributed by atoms with E-state index in [1.165, 1.54) is 12.1 Å². The number of ether oxygens (including phenoxy) is 1. The van der Waals surface area contributed by atoms with Crippen LogP contribution < -0.4 is 10.7 Å². The highest BCUT2D eigenvalue weighted by Gasteiger charge is 2.21. The smallest absolute Gasteiger partial charge is 0.329 e. The van der Waals surface area contributed by atoms with Crippen LogP contribution >= 0.6 is 12.6 Å². The van der Waals surface area contributed by atoms with E-state index in [0.29, 0.717) is 11.1 Å². The SMILES string of the molecule is CCOC(=O)[C@H](CS)NC(=O)c1ccc(CO[NH+]([O-])O)cc1. The topological polar surface area (TPSA) is 112 Å². The van der Waals surface area contributed by atoms with Crippen LogP contribution in [0.2, 0.25) is 0 Å². The molecule has 9 heteroatoms. The second-order valence-corrected chi connectivity index (χ2v) is 4.58. The number of hydrogen-bond acceptors (Lipinski definition) is 7. The van der Waals surface area contributed by atoms with E-state index in [1.807, 2.05) is 0 Å². The molecular weight excluding hydrogens is 312 g/mol. The molecule has 1 aromatic carbocycles. The highest BCUT2D eigenvalue weighted by atomic mass is 32.1. The van der Waals surface area contributed by atoms with Crippen molar-refractivity contribution in [1.82, 2.24) is 5.32 Å². The van der Waals surface area contributed by atoms with Crippen LogP contribution in [0.1, 0.15) is 22.8 Å². The Balaban J connectivity index is 2.63. The van der Waals surface area contributed by atoms with Gasteiger partial charge in [0.15, 0.2) is 0 Å². The normalized spacial score (nSPS) is 13.3. The van der Waals surface area contributed by atoms with E-state index in [1.54, 1.807) is 19.1 Å². The van der Waals surface area contributed by atoms with E-state index in [0.717, 1.165) is 0 Å². The molecule has 2 atom stereocenters. The fraction of sp³-hybridized carbons (Fsp3) is 0.385. The molecule has 0 fully saturated rings. The summed E-state index contributed by atoms with van der Waals surface area (Å²) in [5.74, 6) is -0.870. The number of nitrogens with one attached hydrogen (secondary N) is 2. The Bertz CT molecular complexity index is 494. The third-order valence-electron chi connectivity index (χ3n) is 2.64. The summed E-state index contributed by atoms with van der Waals surface area (Å²) in [6.07, 6.45) is 0. The molecule has 1 aromatic rings. The van der Waals surface area contributed by atoms with E-state index < -0.39 is 23.3 Å². The fourth-order valence-electron chi connectivity index (χ4n) is 1.56. The quantitative estimate of drug-likeness (QED) is 0.290. The standard InChI is InChI=1S/C13H18N2O6S/c1-2-20-13(17)11(8-22)14-12(16)10-5-3-9(4-6-10)7-21-15(18)19/h3-6,11,15,18,22H,2,7-8H2,1H3,(H,14,16)/t11-/m0/s1. The number of esters is 1. The number of thiol groups is 1. The van der Waals surface area contributed by atoms with Crippen molar-refractivity contribution in [3.63, 3.8) is 0 Å². The first-order valence-electron chi connectivity index (χ1n) is 6.51. The third-order valence-corrected chi connectivity index (χ3v) is 3.00. The highest BCUT2D eigenvalue weighted by molar-refractivity contribution is 7.80. The predicted molar refractivity (Wildman–Crippen MR) is 79.1 cm³/mol. The number of carbonyl (C=O) groups excluding carboxylic acids is 2. The van der Waals surface area contributed by atoms with E-state index in [-0.39, 0.29) is 19.0 Å². The van der Waals surface area contributed by atoms with E-state index in [4.69, 9.17) is 9.94 Å². The van der Waals surface area contributed by atoms with Gasteiger partial charge in [-0.1, -0.05) is 17.5 Å². The van der Waals surface area contributed by atoms with Crippen LogP contribution in [-0.4, -0.2) is 35.5 Å². The minimum Gasteiger partial charge on any atom is -0.566 e. The molecule has 22 heavy (non-hydrogen) atoms. The second-order valence-electron chi connectivity index (χ2n) is 4.21. The number of rotatable bonds is 8. The average Bonchev–Trinajstić information content (AvgIpc) is 2.51. The summed E-state index contributed by atoms with van der Waals surface area (Å²) in [4.78, 5) is 28.0. The third kappa shape index (κ3) is 6.00. The summed E-state index contributed by atoms with van der Waals surface area (Å²) in [6, 6.07) is 5.33. The van der Waals surface area contributed by atoms with Crippen LogP contribution in [0.25, 0.3) is 0 Å². The van der Waals surface area contributed by atoms with Gasteiger partial charge in [-0.15, -0.1) is 0 Å². The Kier molecular flexibility index (Phi) is 7.85. The van der Waals surface area contributed by atoms with Crippen LogP contribution in [0, 0.1) is 5.21 Å². The van der Waals surface area contributed by atoms with Gasteiger partial charge in [-0.3, -0.25) is 4.79 Å². The Morgan fingerprint density at radius 3 is 2.55 bits per heavy atom. The van der Waals surface area contributed by atoms with Crippen LogP contribution in [0.5, 0.6) is 0 Å². The number of hydrogen-bond donors (Lipinski definition) is 4. The predicted octanol–water partition coefficient (Wildman–Crippen LogP) is -0.519. The van der Waals surface area contributed by atoms with E-state index >= 15 is 0 Å². The van der Waals surface area contributed by atoms with Gasteiger partial charge in [0, 0.05) is 11.3 Å². The van der Waals surface area contributed by atoms with Crippen LogP contribution in [0.4, 0.5) is 0 Å². The maximum atomic E-state index is 12.0. The van der Waals surface area contributed by atoms with Crippen molar-refractivity contribution >= 4 is 24.5 Å². The van der Waals surface area contributed by atoms with Gasteiger partial charge in [-0.05, 0) is 24.6 Å². The summed E-state index contributed by atoms with van der Waals surface area (Å²) < 4.78 is 4.83. The number of amides is 1. The first kappa shape index (κ1) is 18.4. The second kappa shape index (κ2) is 9.38. The molecular formula is C13H18N2O6S. The lowest BCUT2D eigenvalue weighted by Gasteiger charge is -2.15. The minimum atomic E-state index is -1.37. The maximum Gasteiger partial charge on any atom is 0.329 e. The number of benzene rings is 1. The molecule has 0 saturated heterocycles. The lowest BCUT2D eigenvalue weighted by molar-refractivity contribution is -1.21. The van der Waals surface area contributed by atoms with Crippen molar-refractivity contribution in [3.8, 4) is 0 Å². The van der Waals surface area contributed by atoms with Crippen LogP contribution in [0.3, 0.4) is 0 Å². The zero-order chi connectivity index (χ0) is 16.5. The Morgan fingerprint density at radius 1 is 1.41 bits per heavy atom. The Hall–Kier alpha value is -1.65. The first-order chi connectivity index (χ1) is 10.5. The summed E-state index contributed by atoms with van der Waals surface area (Å²) in [5, 5.41) is 19.8. The molecule has 0 aliphatic heterocycles. The van der Waals surface area contributed by atoms with Gasteiger partial charge in [0.25, 0.3) is 5.91 Å². The number of carbonyl (C=O) groups is 2. The molecule has 0 saturated carbocycles. The maximum absolute atomic E-state index is 12.0. The van der Waals surface area contributed by atoms with Gasteiger partial charge >= 0.3 is 5.97 Å². The summed E-state index contributed by atoms with van der Waals surface area (Å²) >= 11 is 4.01. The lowest BCUT2D eigenvalue weighted by atomic mass is 10.1. The molecule has 0 aliphatic carbocycles. The van der Waals surface area contributed by atoms with Crippen LogP contribution in [0.15, 0.2) is 24.3 Å². The first-order valence-corrected chi connectivity index (χ1v) is 7.14. The van der Waals surface area contributed by atoms with Gasteiger partial charge in [0.05, 0.1) is 6.61 Å². The van der Waals surface area contributed by atoms with Gasteiger partial charge in [-0.25, -0.2) is 4.79 Å². The number of quaternary nitrogens is 1. The summed E-state index contributed by atoms with van der Waals surface area (Å²) in [5.41, 5.74) is 0.935. The van der Waals surface area contributed by atoms with Gasteiger partial charge < -0.3 is 15.3 Å². The van der Waals surface area contributed by atoms with Crippen molar-refractivity contribution in [2.24, 2.45) is 0 Å². The van der Waals surface area contributed by atoms with Crippen molar-refractivity contribution in [1.29, 1.82) is 0 Å². The van der Waals surface area contributed by atoms with E-state index in [2.05, 4.69) is 22.8 Å². The van der Waals surface area contributed by atoms with Gasteiger partial charge in [0.1, 0.15) is 12.6 Å². The summed E-state index contributed by atoms with van der Waals surface area (Å²) in [7, 11) is 0. The molecule has 0 aromatic heterocycles. The van der Waals surface area contributed by atoms with Crippen molar-refractivity contribution in [2.45, 2.75) is 19.6 Å².